The van der Waals surface area contributed by atoms with Crippen LogP contribution in [0.15, 0.2) is 30.3 Å². The first kappa shape index (κ1) is 14.5. The molecular formula is C14H20O4S. The Morgan fingerprint density at radius 3 is 2.58 bits per heavy atom. The van der Waals surface area contributed by atoms with Gasteiger partial charge in [0.05, 0.1) is 12.7 Å². The molecule has 2 rings (SSSR count). The molecule has 0 unspecified atom stereocenters. The summed E-state index contributed by atoms with van der Waals surface area (Å²) < 4.78 is 29.9. The quantitative estimate of drug-likeness (QED) is 0.891. The lowest BCUT2D eigenvalue weighted by Crippen LogP contribution is -2.34. The van der Waals surface area contributed by atoms with Crippen LogP contribution in [0.5, 0.6) is 0 Å². The standard InChI is InChI=1S/C14H20O4S/c1-2-19(16,17)14(11-6-4-3-5-7-11)13(15)12-8-9-18-10-12/h3-7,12-15H,2,8-10H2,1H3/t12-,13+,14-/m1/s1. The van der Waals surface area contributed by atoms with Crippen molar-refractivity contribution in [3.8, 4) is 0 Å². The third-order valence-corrected chi connectivity index (χ3v) is 5.80. The van der Waals surface area contributed by atoms with Gasteiger partial charge >= 0.3 is 0 Å². The van der Waals surface area contributed by atoms with Gasteiger partial charge in [0.25, 0.3) is 0 Å². The van der Waals surface area contributed by atoms with E-state index < -0.39 is 21.2 Å². The average Bonchev–Trinajstić information content (AvgIpc) is 2.94. The summed E-state index contributed by atoms with van der Waals surface area (Å²) in [6.07, 6.45) is -0.196. The summed E-state index contributed by atoms with van der Waals surface area (Å²) >= 11 is 0. The Balaban J connectivity index is 2.34. The van der Waals surface area contributed by atoms with Crippen molar-refractivity contribution in [2.75, 3.05) is 19.0 Å². The van der Waals surface area contributed by atoms with Crippen LogP contribution in [0.1, 0.15) is 24.2 Å². The van der Waals surface area contributed by atoms with Gasteiger partial charge in [0, 0.05) is 18.3 Å². The second kappa shape index (κ2) is 6.03. The number of hydrogen-bond donors (Lipinski definition) is 1. The lowest BCUT2D eigenvalue weighted by Gasteiger charge is -2.26. The molecule has 1 N–H and O–H groups in total. The molecule has 0 aliphatic carbocycles. The van der Waals surface area contributed by atoms with Crippen molar-refractivity contribution in [3.63, 3.8) is 0 Å². The van der Waals surface area contributed by atoms with E-state index in [-0.39, 0.29) is 11.7 Å². The fourth-order valence-electron chi connectivity index (χ4n) is 2.51. The minimum absolute atomic E-state index is 0.0250. The van der Waals surface area contributed by atoms with Gasteiger partial charge in [-0.3, -0.25) is 0 Å². The van der Waals surface area contributed by atoms with Crippen LogP contribution in [0.25, 0.3) is 0 Å². The minimum Gasteiger partial charge on any atom is -0.391 e. The van der Waals surface area contributed by atoms with Crippen molar-refractivity contribution in [2.45, 2.75) is 24.7 Å². The van der Waals surface area contributed by atoms with E-state index in [1.54, 1.807) is 31.2 Å². The largest absolute Gasteiger partial charge is 0.391 e. The van der Waals surface area contributed by atoms with E-state index in [0.717, 1.165) is 0 Å². The summed E-state index contributed by atoms with van der Waals surface area (Å²) in [4.78, 5) is 0. The summed E-state index contributed by atoms with van der Waals surface area (Å²) in [6.45, 7) is 2.64. The molecule has 0 bridgehead atoms. The number of aliphatic hydroxyl groups is 1. The fraction of sp³-hybridized carbons (Fsp3) is 0.571. The predicted octanol–water partition coefficient (Wildman–Crippen LogP) is 1.56. The van der Waals surface area contributed by atoms with E-state index >= 15 is 0 Å². The maximum atomic E-state index is 12.3. The van der Waals surface area contributed by atoms with Gasteiger partial charge in [-0.2, -0.15) is 0 Å². The lowest BCUT2D eigenvalue weighted by atomic mass is 9.95. The minimum atomic E-state index is -3.36. The van der Waals surface area contributed by atoms with Crippen LogP contribution in [-0.2, 0) is 14.6 Å². The van der Waals surface area contributed by atoms with E-state index in [0.29, 0.717) is 25.2 Å². The molecule has 1 aliphatic rings. The molecule has 0 radical (unpaired) electrons. The highest BCUT2D eigenvalue weighted by atomic mass is 32.2. The monoisotopic (exact) mass is 284 g/mol. The molecule has 0 spiro atoms. The SMILES string of the molecule is CCS(=O)(=O)[C@H](c1ccccc1)[C@@H](O)[C@@H]1CCOC1. The molecule has 1 saturated heterocycles. The molecule has 0 amide bonds. The highest BCUT2D eigenvalue weighted by Crippen LogP contribution is 2.33. The van der Waals surface area contributed by atoms with Gasteiger partial charge in [0.2, 0.25) is 0 Å². The van der Waals surface area contributed by atoms with Crippen LogP contribution in [0, 0.1) is 5.92 Å². The molecule has 0 aromatic heterocycles. The van der Waals surface area contributed by atoms with Crippen LogP contribution >= 0.6 is 0 Å². The van der Waals surface area contributed by atoms with E-state index in [2.05, 4.69) is 0 Å². The van der Waals surface area contributed by atoms with E-state index in [4.69, 9.17) is 4.74 Å². The average molecular weight is 284 g/mol. The van der Waals surface area contributed by atoms with Crippen molar-refractivity contribution in [2.24, 2.45) is 5.92 Å². The van der Waals surface area contributed by atoms with Gasteiger partial charge in [0.15, 0.2) is 9.84 Å². The first-order chi connectivity index (χ1) is 9.06. The Labute approximate surface area is 114 Å². The van der Waals surface area contributed by atoms with E-state index in [1.807, 2.05) is 6.07 Å². The van der Waals surface area contributed by atoms with E-state index in [9.17, 15) is 13.5 Å². The number of benzene rings is 1. The Kier molecular flexibility index (Phi) is 4.60. The first-order valence-electron chi connectivity index (χ1n) is 6.58. The summed E-state index contributed by atoms with van der Waals surface area (Å²) in [7, 11) is -3.36. The zero-order chi connectivity index (χ0) is 13.9. The van der Waals surface area contributed by atoms with E-state index in [1.165, 1.54) is 0 Å². The topological polar surface area (TPSA) is 63.6 Å². The zero-order valence-corrected chi connectivity index (χ0v) is 11.8. The van der Waals surface area contributed by atoms with Crippen molar-refractivity contribution >= 4 is 9.84 Å². The molecule has 106 valence electrons. The molecule has 19 heavy (non-hydrogen) atoms. The van der Waals surface area contributed by atoms with Crippen molar-refractivity contribution < 1.29 is 18.3 Å². The van der Waals surface area contributed by atoms with Gasteiger partial charge in [-0.15, -0.1) is 0 Å². The fourth-order valence-corrected chi connectivity index (χ4v) is 4.09. The second-order valence-electron chi connectivity index (χ2n) is 4.90. The molecule has 4 nitrogen and oxygen atoms in total. The second-order valence-corrected chi connectivity index (χ2v) is 7.31. The molecule has 1 heterocycles. The number of hydrogen-bond acceptors (Lipinski definition) is 4. The third-order valence-electron chi connectivity index (χ3n) is 3.68. The highest BCUT2D eigenvalue weighted by molar-refractivity contribution is 7.91. The van der Waals surface area contributed by atoms with Crippen LogP contribution in [0.4, 0.5) is 0 Å². The number of rotatable bonds is 5. The first-order valence-corrected chi connectivity index (χ1v) is 8.30. The van der Waals surface area contributed by atoms with Gasteiger partial charge in [-0.1, -0.05) is 37.3 Å². The summed E-state index contributed by atoms with van der Waals surface area (Å²) in [5, 5.41) is 9.61. The number of sulfone groups is 1. The van der Waals surface area contributed by atoms with Crippen LogP contribution in [-0.4, -0.2) is 38.6 Å². The maximum absolute atomic E-state index is 12.3. The van der Waals surface area contributed by atoms with Gasteiger partial charge in [-0.25, -0.2) is 8.42 Å². The summed E-state index contributed by atoms with van der Waals surface area (Å²) in [5.74, 6) is -0.0801. The lowest BCUT2D eigenvalue weighted by molar-refractivity contribution is 0.0874. The number of aliphatic hydroxyl groups excluding tert-OH is 1. The normalized spacial score (nSPS) is 23.2. The van der Waals surface area contributed by atoms with Crippen molar-refractivity contribution in [3.05, 3.63) is 35.9 Å². The van der Waals surface area contributed by atoms with Crippen LogP contribution in [0.3, 0.4) is 0 Å². The predicted molar refractivity (Wildman–Crippen MR) is 73.6 cm³/mol. The molecular weight excluding hydrogens is 264 g/mol. The van der Waals surface area contributed by atoms with Crippen molar-refractivity contribution in [1.82, 2.24) is 0 Å². The Morgan fingerprint density at radius 1 is 1.37 bits per heavy atom. The molecule has 3 atom stereocenters. The molecule has 1 aliphatic heterocycles. The zero-order valence-electron chi connectivity index (χ0n) is 11.0. The third kappa shape index (κ3) is 3.16. The summed E-state index contributed by atoms with van der Waals surface area (Å²) in [6, 6.07) is 8.95. The smallest absolute Gasteiger partial charge is 0.159 e. The molecule has 0 saturated carbocycles. The Bertz CT molecular complexity index is 491. The molecule has 1 aromatic rings. The summed E-state index contributed by atoms with van der Waals surface area (Å²) in [5.41, 5.74) is 0.656. The molecule has 1 aromatic carbocycles. The maximum Gasteiger partial charge on any atom is 0.159 e. The highest BCUT2D eigenvalue weighted by Gasteiger charge is 2.38. The van der Waals surface area contributed by atoms with Crippen molar-refractivity contribution in [1.29, 1.82) is 0 Å². The Hall–Kier alpha value is -0.910. The molecule has 1 fully saturated rings. The Morgan fingerprint density at radius 2 is 2.05 bits per heavy atom. The molecule has 5 heteroatoms. The van der Waals surface area contributed by atoms with Crippen LogP contribution in [0.2, 0.25) is 0 Å². The number of ether oxygens (including phenoxy) is 1. The van der Waals surface area contributed by atoms with Gasteiger partial charge in [-0.05, 0) is 12.0 Å². The van der Waals surface area contributed by atoms with Gasteiger partial charge in [0.1, 0.15) is 5.25 Å². The van der Waals surface area contributed by atoms with Crippen LogP contribution < -0.4 is 0 Å². The van der Waals surface area contributed by atoms with Gasteiger partial charge < -0.3 is 9.84 Å².